The van der Waals surface area contributed by atoms with E-state index in [9.17, 15) is 9.59 Å². The van der Waals surface area contributed by atoms with Gasteiger partial charge in [-0.25, -0.2) is 4.79 Å². The number of H-pyrrole nitrogens is 1. The van der Waals surface area contributed by atoms with Crippen molar-refractivity contribution in [2.24, 2.45) is 0 Å². The lowest BCUT2D eigenvalue weighted by atomic mass is 10.1. The molecular weight excluding hydrogens is 204 g/mol. The van der Waals surface area contributed by atoms with Gasteiger partial charge in [-0.15, -0.1) is 0 Å². The lowest BCUT2D eigenvalue weighted by Gasteiger charge is -2.02. The predicted octanol–water partition coefficient (Wildman–Crippen LogP) is 1.30. The van der Waals surface area contributed by atoms with Gasteiger partial charge >= 0.3 is 5.69 Å². The smallest absolute Gasteiger partial charge is 0.312 e. The van der Waals surface area contributed by atoms with E-state index < -0.39 is 0 Å². The molecule has 0 amide bonds. The van der Waals surface area contributed by atoms with Gasteiger partial charge in [0.05, 0.1) is 5.69 Å². The van der Waals surface area contributed by atoms with Crippen LogP contribution >= 0.6 is 0 Å². The van der Waals surface area contributed by atoms with Crippen molar-refractivity contribution in [2.75, 3.05) is 0 Å². The number of imidazole rings is 1. The molecule has 1 heterocycles. The minimum absolute atomic E-state index is 0.131. The second kappa shape index (κ2) is 4.18. The van der Waals surface area contributed by atoms with Crippen molar-refractivity contribution < 1.29 is 4.79 Å². The molecule has 0 bridgehead atoms. The molecule has 0 saturated carbocycles. The normalized spacial score (nSPS) is 10.3. The quantitative estimate of drug-likeness (QED) is 0.840. The third-order valence-electron chi connectivity index (χ3n) is 2.32. The van der Waals surface area contributed by atoms with E-state index in [1.165, 1.54) is 4.57 Å². The molecular formula is C12H12N2O2. The zero-order valence-electron chi connectivity index (χ0n) is 8.93. The lowest BCUT2D eigenvalue weighted by molar-refractivity contribution is -0.116. The van der Waals surface area contributed by atoms with Gasteiger partial charge in [0.2, 0.25) is 0 Å². The van der Waals surface area contributed by atoms with Gasteiger partial charge in [-0.1, -0.05) is 12.1 Å². The number of benzene rings is 1. The van der Waals surface area contributed by atoms with Crippen LogP contribution in [0.3, 0.4) is 0 Å². The molecule has 0 spiro atoms. The highest BCUT2D eigenvalue weighted by molar-refractivity contribution is 5.78. The Morgan fingerprint density at radius 3 is 2.50 bits per heavy atom. The summed E-state index contributed by atoms with van der Waals surface area (Å²) < 4.78 is 1.51. The van der Waals surface area contributed by atoms with Crippen molar-refractivity contribution in [3.63, 3.8) is 0 Å². The van der Waals surface area contributed by atoms with Crippen molar-refractivity contribution in [1.82, 2.24) is 9.55 Å². The summed E-state index contributed by atoms with van der Waals surface area (Å²) in [6, 6.07) is 7.37. The van der Waals surface area contributed by atoms with Gasteiger partial charge in [0.15, 0.2) is 0 Å². The molecule has 0 fully saturated rings. The summed E-state index contributed by atoms with van der Waals surface area (Å²) in [5.41, 5.74) is 1.58. The van der Waals surface area contributed by atoms with Crippen LogP contribution in [0.5, 0.6) is 0 Å². The lowest BCUT2D eigenvalue weighted by Crippen LogP contribution is -2.13. The Morgan fingerprint density at radius 1 is 1.31 bits per heavy atom. The van der Waals surface area contributed by atoms with Crippen LogP contribution in [-0.2, 0) is 11.2 Å². The maximum absolute atomic E-state index is 11.3. The van der Waals surface area contributed by atoms with E-state index in [0.717, 1.165) is 11.3 Å². The van der Waals surface area contributed by atoms with Crippen LogP contribution in [0.4, 0.5) is 0 Å². The van der Waals surface area contributed by atoms with Gasteiger partial charge in [-0.3, -0.25) is 9.36 Å². The number of nitrogens with zero attached hydrogens (tertiary/aromatic N) is 1. The second-order valence-electron chi connectivity index (χ2n) is 3.68. The molecule has 2 rings (SSSR count). The van der Waals surface area contributed by atoms with Crippen LogP contribution in [0.15, 0.2) is 41.5 Å². The van der Waals surface area contributed by atoms with E-state index in [4.69, 9.17) is 0 Å². The first-order valence-corrected chi connectivity index (χ1v) is 5.01. The topological polar surface area (TPSA) is 54.9 Å². The van der Waals surface area contributed by atoms with Crippen molar-refractivity contribution in [3.05, 3.63) is 52.7 Å². The Morgan fingerprint density at radius 2 is 2.00 bits per heavy atom. The number of carbonyl (C=O) groups is 1. The fourth-order valence-corrected chi connectivity index (χ4v) is 1.59. The molecule has 0 aliphatic carbocycles. The summed E-state index contributed by atoms with van der Waals surface area (Å²) in [4.78, 5) is 24.8. The highest BCUT2D eigenvalue weighted by Gasteiger charge is 2.01. The van der Waals surface area contributed by atoms with Crippen molar-refractivity contribution in [2.45, 2.75) is 13.3 Å². The Balaban J connectivity index is 2.30. The van der Waals surface area contributed by atoms with Crippen molar-refractivity contribution in [3.8, 4) is 5.69 Å². The summed E-state index contributed by atoms with van der Waals surface area (Å²) >= 11 is 0. The number of aromatic amines is 1. The molecule has 82 valence electrons. The number of rotatable bonds is 3. The standard InChI is InChI=1S/C12H12N2O2/c1-9(15)8-10-2-4-11(5-3-10)14-7-6-13-12(14)16/h2-7H,8H2,1H3,(H,13,16). The highest BCUT2D eigenvalue weighted by atomic mass is 16.1. The van der Waals surface area contributed by atoms with Crippen LogP contribution in [0.2, 0.25) is 0 Å². The van der Waals surface area contributed by atoms with Crippen LogP contribution in [0, 0.1) is 0 Å². The van der Waals surface area contributed by atoms with Crippen molar-refractivity contribution in [1.29, 1.82) is 0 Å². The van der Waals surface area contributed by atoms with Gasteiger partial charge in [0, 0.05) is 18.8 Å². The van der Waals surface area contributed by atoms with Gasteiger partial charge < -0.3 is 4.98 Å². The average Bonchev–Trinajstić information content (AvgIpc) is 2.65. The number of hydrogen-bond donors (Lipinski definition) is 1. The number of nitrogens with one attached hydrogen (secondary N) is 1. The first kappa shape index (κ1) is 10.4. The maximum Gasteiger partial charge on any atom is 0.330 e. The SMILES string of the molecule is CC(=O)Cc1ccc(-n2cc[nH]c2=O)cc1. The number of ketones is 1. The molecule has 0 unspecified atom stereocenters. The summed E-state index contributed by atoms with van der Waals surface area (Å²) in [7, 11) is 0. The number of aromatic nitrogens is 2. The molecule has 4 nitrogen and oxygen atoms in total. The molecule has 2 aromatic rings. The zero-order valence-corrected chi connectivity index (χ0v) is 8.93. The average molecular weight is 216 g/mol. The summed E-state index contributed by atoms with van der Waals surface area (Å²) in [6.45, 7) is 1.56. The molecule has 0 atom stereocenters. The number of Topliss-reactive ketones (excluding diaryl/α,β-unsaturated/α-hetero) is 1. The van der Waals surface area contributed by atoms with Crippen LogP contribution in [0.1, 0.15) is 12.5 Å². The molecule has 16 heavy (non-hydrogen) atoms. The summed E-state index contributed by atoms with van der Waals surface area (Å²) in [5, 5.41) is 0. The van der Waals surface area contributed by atoms with E-state index in [-0.39, 0.29) is 11.5 Å². The first-order chi connectivity index (χ1) is 7.66. The maximum atomic E-state index is 11.3. The molecule has 0 saturated heterocycles. The molecule has 0 radical (unpaired) electrons. The molecule has 0 aliphatic heterocycles. The van der Waals surface area contributed by atoms with E-state index >= 15 is 0 Å². The number of carbonyl (C=O) groups excluding carboxylic acids is 1. The molecule has 1 aromatic heterocycles. The predicted molar refractivity (Wildman–Crippen MR) is 60.8 cm³/mol. The van der Waals surface area contributed by atoms with Gasteiger partial charge in [-0.2, -0.15) is 0 Å². The van der Waals surface area contributed by atoms with Crippen LogP contribution in [0.25, 0.3) is 5.69 Å². The Labute approximate surface area is 92.5 Å². The summed E-state index contributed by atoms with van der Waals surface area (Å²) in [5.74, 6) is 0.131. The van der Waals surface area contributed by atoms with Crippen molar-refractivity contribution >= 4 is 5.78 Å². The Bertz CT molecular complexity index is 549. The van der Waals surface area contributed by atoms with Gasteiger partial charge in [-0.05, 0) is 24.6 Å². The Kier molecular flexibility index (Phi) is 2.72. The minimum atomic E-state index is -0.167. The zero-order chi connectivity index (χ0) is 11.5. The number of hydrogen-bond acceptors (Lipinski definition) is 2. The monoisotopic (exact) mass is 216 g/mol. The van der Waals surface area contributed by atoms with E-state index in [2.05, 4.69) is 4.98 Å². The van der Waals surface area contributed by atoms with Gasteiger partial charge in [0.1, 0.15) is 5.78 Å². The Hall–Kier alpha value is -2.10. The molecule has 4 heteroatoms. The van der Waals surface area contributed by atoms with Crippen LogP contribution < -0.4 is 5.69 Å². The minimum Gasteiger partial charge on any atom is -0.312 e. The molecule has 0 aliphatic rings. The largest absolute Gasteiger partial charge is 0.330 e. The van der Waals surface area contributed by atoms with Gasteiger partial charge in [0.25, 0.3) is 0 Å². The first-order valence-electron chi connectivity index (χ1n) is 5.01. The second-order valence-corrected chi connectivity index (χ2v) is 3.68. The van der Waals surface area contributed by atoms with E-state index in [0.29, 0.717) is 6.42 Å². The fraction of sp³-hybridized carbons (Fsp3) is 0.167. The molecule has 1 N–H and O–H groups in total. The van der Waals surface area contributed by atoms with E-state index in [1.54, 1.807) is 19.3 Å². The third kappa shape index (κ3) is 2.11. The van der Waals surface area contributed by atoms with Crippen LogP contribution in [-0.4, -0.2) is 15.3 Å². The third-order valence-corrected chi connectivity index (χ3v) is 2.32. The summed E-state index contributed by atoms with van der Waals surface area (Å²) in [6.07, 6.45) is 3.69. The molecule has 1 aromatic carbocycles. The van der Waals surface area contributed by atoms with E-state index in [1.807, 2.05) is 24.3 Å². The fourth-order valence-electron chi connectivity index (χ4n) is 1.59. The highest BCUT2D eigenvalue weighted by Crippen LogP contribution is 2.08.